The van der Waals surface area contributed by atoms with Gasteiger partial charge in [0, 0.05) is 32.2 Å². The molecular formula is C10H21N3O. The van der Waals surface area contributed by atoms with E-state index in [0.717, 1.165) is 19.6 Å². The smallest absolute Gasteiger partial charge is 0.239 e. The van der Waals surface area contributed by atoms with Gasteiger partial charge < -0.3 is 10.6 Å². The van der Waals surface area contributed by atoms with E-state index < -0.39 is 0 Å². The fourth-order valence-corrected chi connectivity index (χ4v) is 2.00. The molecule has 1 rings (SSSR count). The van der Waals surface area contributed by atoms with Gasteiger partial charge in [-0.15, -0.1) is 0 Å². The summed E-state index contributed by atoms with van der Waals surface area (Å²) in [5.41, 5.74) is 5.61. The molecule has 0 aromatic rings. The number of hydrogen-bond acceptors (Lipinski definition) is 3. The standard InChI is InChI=1S/C10H21N3O/c1-4-12-5-6-13(8(2)7-11)9(3)10(12)14/h8-9H,4-7,11H2,1-3H3. The van der Waals surface area contributed by atoms with Gasteiger partial charge in [-0.05, 0) is 20.8 Å². The number of carbonyl (C=O) groups excluding carboxylic acids is 1. The van der Waals surface area contributed by atoms with Crippen LogP contribution in [0.4, 0.5) is 0 Å². The van der Waals surface area contributed by atoms with E-state index in [-0.39, 0.29) is 11.9 Å². The Morgan fingerprint density at radius 3 is 2.71 bits per heavy atom. The van der Waals surface area contributed by atoms with E-state index in [1.807, 2.05) is 18.7 Å². The molecule has 0 spiro atoms. The zero-order valence-electron chi connectivity index (χ0n) is 9.36. The van der Waals surface area contributed by atoms with Crippen LogP contribution in [0.1, 0.15) is 20.8 Å². The number of nitrogens with two attached hydrogens (primary N) is 1. The van der Waals surface area contributed by atoms with Gasteiger partial charge in [-0.1, -0.05) is 0 Å². The molecule has 0 aliphatic carbocycles. The summed E-state index contributed by atoms with van der Waals surface area (Å²) in [7, 11) is 0. The first kappa shape index (κ1) is 11.5. The Morgan fingerprint density at radius 2 is 2.21 bits per heavy atom. The fourth-order valence-electron chi connectivity index (χ4n) is 2.00. The molecule has 0 aromatic carbocycles. The van der Waals surface area contributed by atoms with Gasteiger partial charge in [0.1, 0.15) is 0 Å². The van der Waals surface area contributed by atoms with E-state index in [4.69, 9.17) is 5.73 Å². The Balaban J connectivity index is 2.64. The third-order valence-electron chi connectivity index (χ3n) is 3.08. The molecule has 82 valence electrons. The number of piperazine rings is 1. The van der Waals surface area contributed by atoms with Crippen LogP contribution in [0, 0.1) is 0 Å². The van der Waals surface area contributed by atoms with Crippen molar-refractivity contribution in [2.45, 2.75) is 32.9 Å². The van der Waals surface area contributed by atoms with Crippen molar-refractivity contribution in [3.63, 3.8) is 0 Å². The second-order valence-electron chi connectivity index (χ2n) is 3.92. The summed E-state index contributed by atoms with van der Waals surface area (Å²) < 4.78 is 0. The SMILES string of the molecule is CCN1CCN(C(C)CN)C(C)C1=O. The normalized spacial score (nSPS) is 26.7. The minimum atomic E-state index is -0.0118. The zero-order chi connectivity index (χ0) is 10.7. The minimum Gasteiger partial charge on any atom is -0.340 e. The maximum absolute atomic E-state index is 11.8. The molecule has 1 saturated heterocycles. The molecule has 2 atom stereocenters. The van der Waals surface area contributed by atoms with Crippen LogP contribution in [-0.4, -0.2) is 54.0 Å². The van der Waals surface area contributed by atoms with Gasteiger partial charge in [-0.3, -0.25) is 9.69 Å². The lowest BCUT2D eigenvalue weighted by molar-refractivity contribution is -0.141. The lowest BCUT2D eigenvalue weighted by Crippen LogP contribution is -2.59. The Bertz CT molecular complexity index is 208. The van der Waals surface area contributed by atoms with E-state index in [9.17, 15) is 4.79 Å². The van der Waals surface area contributed by atoms with E-state index in [1.165, 1.54) is 0 Å². The van der Waals surface area contributed by atoms with Crippen LogP contribution in [0.15, 0.2) is 0 Å². The third-order valence-corrected chi connectivity index (χ3v) is 3.08. The topological polar surface area (TPSA) is 49.6 Å². The second-order valence-corrected chi connectivity index (χ2v) is 3.92. The largest absolute Gasteiger partial charge is 0.340 e. The summed E-state index contributed by atoms with van der Waals surface area (Å²) in [6, 6.07) is 0.287. The van der Waals surface area contributed by atoms with Crippen molar-refractivity contribution in [3.05, 3.63) is 0 Å². The molecule has 0 bridgehead atoms. The lowest BCUT2D eigenvalue weighted by Gasteiger charge is -2.41. The Labute approximate surface area is 86.0 Å². The molecule has 1 amide bonds. The van der Waals surface area contributed by atoms with Crippen LogP contribution in [0.2, 0.25) is 0 Å². The van der Waals surface area contributed by atoms with Crippen molar-refractivity contribution >= 4 is 5.91 Å². The predicted molar refractivity (Wildman–Crippen MR) is 56.9 cm³/mol. The van der Waals surface area contributed by atoms with Crippen LogP contribution < -0.4 is 5.73 Å². The molecular weight excluding hydrogens is 178 g/mol. The molecule has 1 aliphatic rings. The van der Waals surface area contributed by atoms with Crippen molar-refractivity contribution < 1.29 is 4.79 Å². The van der Waals surface area contributed by atoms with Crippen molar-refractivity contribution in [2.24, 2.45) is 5.73 Å². The monoisotopic (exact) mass is 199 g/mol. The number of amides is 1. The van der Waals surface area contributed by atoms with Crippen molar-refractivity contribution in [2.75, 3.05) is 26.2 Å². The van der Waals surface area contributed by atoms with E-state index in [2.05, 4.69) is 11.8 Å². The molecule has 4 nitrogen and oxygen atoms in total. The molecule has 2 unspecified atom stereocenters. The molecule has 1 fully saturated rings. The highest BCUT2D eigenvalue weighted by molar-refractivity contribution is 5.82. The third kappa shape index (κ3) is 2.07. The average molecular weight is 199 g/mol. The van der Waals surface area contributed by atoms with Gasteiger partial charge in [-0.2, -0.15) is 0 Å². The molecule has 14 heavy (non-hydrogen) atoms. The molecule has 1 aliphatic heterocycles. The Hall–Kier alpha value is -0.610. The summed E-state index contributed by atoms with van der Waals surface area (Å²) in [5, 5.41) is 0. The van der Waals surface area contributed by atoms with E-state index in [1.54, 1.807) is 0 Å². The van der Waals surface area contributed by atoms with Gasteiger partial charge in [0.15, 0.2) is 0 Å². The summed E-state index contributed by atoms with van der Waals surface area (Å²) in [5.74, 6) is 0.235. The van der Waals surface area contributed by atoms with Gasteiger partial charge in [0.2, 0.25) is 5.91 Å². The highest BCUT2D eigenvalue weighted by Gasteiger charge is 2.32. The zero-order valence-corrected chi connectivity index (χ0v) is 9.36. The number of rotatable bonds is 3. The quantitative estimate of drug-likeness (QED) is 0.690. The summed E-state index contributed by atoms with van der Waals surface area (Å²) >= 11 is 0. The van der Waals surface area contributed by atoms with Gasteiger partial charge in [0.25, 0.3) is 0 Å². The maximum Gasteiger partial charge on any atom is 0.239 e. The predicted octanol–water partition coefficient (Wildman–Crippen LogP) is -0.114. The van der Waals surface area contributed by atoms with Crippen molar-refractivity contribution in [1.82, 2.24) is 9.80 Å². The van der Waals surface area contributed by atoms with Crippen molar-refractivity contribution in [3.8, 4) is 0 Å². The van der Waals surface area contributed by atoms with Gasteiger partial charge in [0.05, 0.1) is 6.04 Å². The molecule has 0 radical (unpaired) electrons. The summed E-state index contributed by atoms with van der Waals surface area (Å²) in [6.07, 6.45) is 0. The number of nitrogens with zero attached hydrogens (tertiary/aromatic N) is 2. The first-order chi connectivity index (χ1) is 6.61. The number of likely N-dealkylation sites (N-methyl/N-ethyl adjacent to an activating group) is 1. The average Bonchev–Trinajstić information content (AvgIpc) is 2.21. The first-order valence-corrected chi connectivity index (χ1v) is 5.36. The Kier molecular flexibility index (Phi) is 3.89. The summed E-state index contributed by atoms with van der Waals surface area (Å²) in [4.78, 5) is 15.9. The summed E-state index contributed by atoms with van der Waals surface area (Å²) in [6.45, 7) is 9.27. The van der Waals surface area contributed by atoms with Gasteiger partial charge in [-0.25, -0.2) is 0 Å². The van der Waals surface area contributed by atoms with E-state index >= 15 is 0 Å². The molecule has 1 heterocycles. The lowest BCUT2D eigenvalue weighted by atomic mass is 10.1. The highest BCUT2D eigenvalue weighted by Crippen LogP contribution is 2.13. The number of hydrogen-bond donors (Lipinski definition) is 1. The molecule has 2 N–H and O–H groups in total. The molecule has 0 saturated carbocycles. The maximum atomic E-state index is 11.8. The number of carbonyl (C=O) groups is 1. The second kappa shape index (κ2) is 4.75. The Morgan fingerprint density at radius 1 is 1.57 bits per heavy atom. The molecule has 4 heteroatoms. The highest BCUT2D eigenvalue weighted by atomic mass is 16.2. The van der Waals surface area contributed by atoms with Crippen LogP contribution in [0.3, 0.4) is 0 Å². The van der Waals surface area contributed by atoms with Gasteiger partial charge >= 0.3 is 0 Å². The van der Waals surface area contributed by atoms with Crippen LogP contribution >= 0.6 is 0 Å². The van der Waals surface area contributed by atoms with Crippen LogP contribution in [0.5, 0.6) is 0 Å². The first-order valence-electron chi connectivity index (χ1n) is 5.36. The fraction of sp³-hybridized carbons (Fsp3) is 0.900. The minimum absolute atomic E-state index is 0.0118. The van der Waals surface area contributed by atoms with Crippen LogP contribution in [-0.2, 0) is 4.79 Å². The molecule has 0 aromatic heterocycles. The van der Waals surface area contributed by atoms with Crippen molar-refractivity contribution in [1.29, 1.82) is 0 Å². The van der Waals surface area contributed by atoms with E-state index in [0.29, 0.717) is 12.6 Å². The van der Waals surface area contributed by atoms with Crippen LogP contribution in [0.25, 0.3) is 0 Å².